The second kappa shape index (κ2) is 8.04. The van der Waals surface area contributed by atoms with E-state index >= 15 is 0 Å². The van der Waals surface area contributed by atoms with Gasteiger partial charge in [0.1, 0.15) is 5.70 Å². The molecule has 3 rings (SSSR count). The molecule has 2 aromatic rings. The standard InChI is InChI=1S/C20H23N3O4S/c1-4-12(14-9-6-10-28-14)21-15-16(19(26)18(15)25)22-13-8-5-7-11(17(13)24)20(27)23(2)3/h5-10,12,19,21-22,24,26H,4H2,1-3H3. The van der Waals surface area contributed by atoms with Crippen molar-refractivity contribution in [3.63, 3.8) is 0 Å². The van der Waals surface area contributed by atoms with Crippen LogP contribution in [0.4, 0.5) is 5.69 Å². The van der Waals surface area contributed by atoms with Crippen molar-refractivity contribution in [3.05, 3.63) is 57.5 Å². The predicted octanol–water partition coefficient (Wildman–Crippen LogP) is 2.46. The molecule has 0 saturated heterocycles. The Morgan fingerprint density at radius 2 is 2.04 bits per heavy atom. The number of hydrogen-bond donors (Lipinski definition) is 4. The van der Waals surface area contributed by atoms with Crippen LogP contribution in [0.3, 0.4) is 0 Å². The van der Waals surface area contributed by atoms with Gasteiger partial charge in [0.05, 0.1) is 23.0 Å². The number of para-hydroxylation sites is 1. The number of hydrogen-bond acceptors (Lipinski definition) is 7. The summed E-state index contributed by atoms with van der Waals surface area (Å²) in [6.45, 7) is 2.01. The molecule has 0 aliphatic heterocycles. The van der Waals surface area contributed by atoms with E-state index < -0.39 is 11.9 Å². The predicted molar refractivity (Wildman–Crippen MR) is 108 cm³/mol. The lowest BCUT2D eigenvalue weighted by atomic mass is 9.93. The molecule has 0 bridgehead atoms. The topological polar surface area (TPSA) is 102 Å². The fraction of sp³-hybridized carbons (Fsp3) is 0.300. The molecule has 0 fully saturated rings. The van der Waals surface area contributed by atoms with Crippen LogP contribution in [0, 0.1) is 0 Å². The molecule has 0 spiro atoms. The molecule has 28 heavy (non-hydrogen) atoms. The lowest BCUT2D eigenvalue weighted by Gasteiger charge is -2.32. The third-order valence-corrected chi connectivity index (χ3v) is 5.58. The molecule has 2 unspecified atom stereocenters. The first kappa shape index (κ1) is 19.9. The molecule has 1 aliphatic carbocycles. The van der Waals surface area contributed by atoms with Gasteiger partial charge in [0, 0.05) is 19.0 Å². The Balaban J connectivity index is 1.89. The fourth-order valence-corrected chi connectivity index (χ4v) is 3.84. The van der Waals surface area contributed by atoms with Crippen LogP contribution in [0.25, 0.3) is 0 Å². The number of nitrogens with one attached hydrogen (secondary N) is 2. The first-order valence-electron chi connectivity index (χ1n) is 8.92. The highest BCUT2D eigenvalue weighted by Crippen LogP contribution is 2.34. The summed E-state index contributed by atoms with van der Waals surface area (Å²) in [5.41, 5.74) is 0.953. The number of thiophene rings is 1. The Morgan fingerprint density at radius 3 is 2.64 bits per heavy atom. The number of amides is 1. The van der Waals surface area contributed by atoms with Crippen LogP contribution in [0.1, 0.15) is 34.6 Å². The zero-order valence-electron chi connectivity index (χ0n) is 15.9. The van der Waals surface area contributed by atoms with Gasteiger partial charge in [-0.05, 0) is 30.0 Å². The molecular weight excluding hydrogens is 378 g/mol. The molecule has 1 heterocycles. The Bertz CT molecular complexity index is 922. The van der Waals surface area contributed by atoms with Crippen molar-refractivity contribution in [2.75, 3.05) is 19.4 Å². The zero-order valence-corrected chi connectivity index (χ0v) is 16.7. The average molecular weight is 401 g/mol. The van der Waals surface area contributed by atoms with Gasteiger partial charge in [-0.25, -0.2) is 0 Å². The maximum Gasteiger partial charge on any atom is 0.257 e. The fourth-order valence-electron chi connectivity index (χ4n) is 2.98. The number of carbonyl (C=O) groups excluding carboxylic acids is 2. The second-order valence-corrected chi connectivity index (χ2v) is 7.68. The minimum atomic E-state index is -1.30. The van der Waals surface area contributed by atoms with Gasteiger partial charge in [-0.3, -0.25) is 9.59 Å². The number of phenols is 1. The first-order chi connectivity index (χ1) is 13.3. The van der Waals surface area contributed by atoms with Gasteiger partial charge in [-0.2, -0.15) is 0 Å². The lowest BCUT2D eigenvalue weighted by Crippen LogP contribution is -2.46. The van der Waals surface area contributed by atoms with Crippen molar-refractivity contribution in [3.8, 4) is 5.75 Å². The number of ketones is 1. The number of Topliss-reactive ketones (excluding diaryl/α,β-unsaturated/α-hetero) is 1. The van der Waals surface area contributed by atoms with Crippen LogP contribution in [0.2, 0.25) is 0 Å². The molecule has 2 atom stereocenters. The van der Waals surface area contributed by atoms with Gasteiger partial charge in [-0.15, -0.1) is 11.3 Å². The van der Waals surface area contributed by atoms with E-state index in [2.05, 4.69) is 10.6 Å². The van der Waals surface area contributed by atoms with Crippen molar-refractivity contribution in [2.24, 2.45) is 0 Å². The van der Waals surface area contributed by atoms with Crippen LogP contribution in [-0.2, 0) is 4.79 Å². The van der Waals surface area contributed by atoms with Gasteiger partial charge in [-0.1, -0.05) is 19.1 Å². The number of carbonyl (C=O) groups is 2. The molecule has 148 valence electrons. The quantitative estimate of drug-likeness (QED) is 0.532. The Labute approximate surface area is 167 Å². The van der Waals surface area contributed by atoms with E-state index in [0.29, 0.717) is 0 Å². The van der Waals surface area contributed by atoms with E-state index in [1.54, 1.807) is 37.6 Å². The highest BCUT2D eigenvalue weighted by molar-refractivity contribution is 7.10. The molecule has 0 saturated carbocycles. The van der Waals surface area contributed by atoms with Crippen LogP contribution in [0.15, 0.2) is 47.1 Å². The first-order valence-corrected chi connectivity index (χ1v) is 9.80. The summed E-state index contributed by atoms with van der Waals surface area (Å²) < 4.78 is 0. The van der Waals surface area contributed by atoms with Crippen molar-refractivity contribution in [1.82, 2.24) is 10.2 Å². The number of rotatable bonds is 7. The van der Waals surface area contributed by atoms with E-state index in [9.17, 15) is 19.8 Å². The molecular formula is C20H23N3O4S. The van der Waals surface area contributed by atoms with Gasteiger partial charge in [0.15, 0.2) is 11.9 Å². The summed E-state index contributed by atoms with van der Waals surface area (Å²) in [7, 11) is 3.19. The monoisotopic (exact) mass is 401 g/mol. The third kappa shape index (κ3) is 3.61. The van der Waals surface area contributed by atoms with Gasteiger partial charge in [0.2, 0.25) is 5.78 Å². The smallest absolute Gasteiger partial charge is 0.257 e. The highest BCUT2D eigenvalue weighted by Gasteiger charge is 2.39. The van der Waals surface area contributed by atoms with Crippen LogP contribution >= 0.6 is 11.3 Å². The van der Waals surface area contributed by atoms with Gasteiger partial charge >= 0.3 is 0 Å². The maximum absolute atomic E-state index is 12.2. The van der Waals surface area contributed by atoms with E-state index in [1.807, 2.05) is 24.4 Å². The molecule has 1 aliphatic rings. The molecule has 1 aromatic carbocycles. The summed E-state index contributed by atoms with van der Waals surface area (Å²) >= 11 is 1.59. The summed E-state index contributed by atoms with van der Waals surface area (Å²) in [4.78, 5) is 26.8. The number of anilines is 1. The van der Waals surface area contributed by atoms with Gasteiger partial charge < -0.3 is 25.7 Å². The summed E-state index contributed by atoms with van der Waals surface area (Å²) in [5, 5.41) is 28.7. The van der Waals surface area contributed by atoms with Crippen molar-refractivity contribution >= 4 is 28.7 Å². The Hall–Kier alpha value is -2.84. The van der Waals surface area contributed by atoms with Crippen molar-refractivity contribution in [1.29, 1.82) is 0 Å². The number of phenolic OH excluding ortho intramolecular Hbond substituents is 1. The molecule has 1 aromatic heterocycles. The van der Waals surface area contributed by atoms with Crippen LogP contribution in [0.5, 0.6) is 5.75 Å². The number of benzene rings is 1. The van der Waals surface area contributed by atoms with E-state index in [0.717, 1.165) is 11.3 Å². The Morgan fingerprint density at radius 1 is 1.29 bits per heavy atom. The largest absolute Gasteiger partial charge is 0.505 e. The molecule has 4 N–H and O–H groups in total. The lowest BCUT2D eigenvalue weighted by molar-refractivity contribution is -0.125. The molecule has 8 heteroatoms. The third-order valence-electron chi connectivity index (χ3n) is 4.59. The maximum atomic E-state index is 12.2. The average Bonchev–Trinajstić information content (AvgIpc) is 3.22. The van der Waals surface area contributed by atoms with Gasteiger partial charge in [0.25, 0.3) is 5.91 Å². The highest BCUT2D eigenvalue weighted by atomic mass is 32.1. The second-order valence-electron chi connectivity index (χ2n) is 6.70. The molecule has 0 radical (unpaired) electrons. The number of aliphatic hydroxyl groups excluding tert-OH is 1. The number of aromatic hydroxyl groups is 1. The minimum Gasteiger partial charge on any atom is -0.505 e. The number of aliphatic hydroxyl groups is 1. The van der Waals surface area contributed by atoms with Crippen LogP contribution < -0.4 is 10.6 Å². The Kier molecular flexibility index (Phi) is 5.71. The van der Waals surface area contributed by atoms with Crippen molar-refractivity contribution in [2.45, 2.75) is 25.5 Å². The SMILES string of the molecule is CCC(NC1=C(Nc2cccc(C(=O)N(C)C)c2O)C(O)C1=O)c1cccs1. The normalized spacial score (nSPS) is 17.1. The molecule has 1 amide bonds. The molecule has 7 nitrogen and oxygen atoms in total. The van der Waals surface area contributed by atoms with E-state index in [1.165, 1.54) is 11.0 Å². The summed E-state index contributed by atoms with van der Waals surface area (Å²) in [5.74, 6) is -0.982. The summed E-state index contributed by atoms with van der Waals surface area (Å²) in [6.07, 6.45) is -0.533. The van der Waals surface area contributed by atoms with Crippen molar-refractivity contribution < 1.29 is 19.8 Å². The zero-order chi connectivity index (χ0) is 20.4. The van der Waals surface area contributed by atoms with Crippen LogP contribution in [-0.4, -0.2) is 47.0 Å². The minimum absolute atomic E-state index is 0.0569. The summed E-state index contributed by atoms with van der Waals surface area (Å²) in [6, 6.07) is 8.60. The van der Waals surface area contributed by atoms with E-state index in [-0.39, 0.29) is 40.3 Å². The van der Waals surface area contributed by atoms with E-state index in [4.69, 9.17) is 0 Å². The number of nitrogens with zero attached hydrogens (tertiary/aromatic N) is 1.